The zero-order valence-corrected chi connectivity index (χ0v) is 7.54. The Morgan fingerprint density at radius 3 is 3.17 bits per heavy atom. The first-order chi connectivity index (χ1) is 5.84. The highest BCUT2D eigenvalue weighted by atomic mass is 32.2. The molecule has 0 N–H and O–H groups in total. The van der Waals surface area contributed by atoms with Crippen LogP contribution in [0.4, 0.5) is 0 Å². The van der Waals surface area contributed by atoms with Crippen LogP contribution in [0.25, 0.3) is 10.4 Å². The van der Waals surface area contributed by atoms with E-state index in [0.29, 0.717) is 6.54 Å². The third-order valence-electron chi connectivity index (χ3n) is 1.32. The summed E-state index contributed by atoms with van der Waals surface area (Å²) in [7, 11) is 0. The maximum atomic E-state index is 8.01. The average molecular weight is 183 g/mol. The van der Waals surface area contributed by atoms with E-state index >= 15 is 0 Å². The molecule has 0 aliphatic rings. The fraction of sp³-hybridized carbons (Fsp3) is 0.429. The molecule has 1 aromatic heterocycles. The molecule has 0 saturated heterocycles. The lowest BCUT2D eigenvalue weighted by Crippen LogP contribution is -1.82. The minimum Gasteiger partial charge on any atom is -0.468 e. The molecule has 0 unspecified atom stereocenters. The fourth-order valence-electron chi connectivity index (χ4n) is 0.764. The highest BCUT2D eigenvalue weighted by Crippen LogP contribution is 2.22. The van der Waals surface area contributed by atoms with Crippen molar-refractivity contribution >= 4 is 11.8 Å². The lowest BCUT2D eigenvalue weighted by Gasteiger charge is -1.94. The van der Waals surface area contributed by atoms with Gasteiger partial charge in [0.05, 0.1) is 6.26 Å². The number of azide groups is 1. The van der Waals surface area contributed by atoms with Gasteiger partial charge in [0.1, 0.15) is 5.76 Å². The second-order valence-electron chi connectivity index (χ2n) is 2.14. The van der Waals surface area contributed by atoms with Crippen molar-refractivity contribution in [1.29, 1.82) is 0 Å². The summed E-state index contributed by atoms with van der Waals surface area (Å²) in [5.41, 5.74) is 8.01. The van der Waals surface area contributed by atoms with E-state index in [4.69, 9.17) is 9.95 Å². The van der Waals surface area contributed by atoms with Crippen molar-refractivity contribution in [1.82, 2.24) is 0 Å². The van der Waals surface area contributed by atoms with E-state index in [2.05, 4.69) is 10.0 Å². The molecule has 5 heteroatoms. The molecule has 0 aliphatic carbocycles. The number of hydrogen-bond donors (Lipinski definition) is 0. The van der Waals surface area contributed by atoms with Crippen molar-refractivity contribution in [2.75, 3.05) is 12.3 Å². The molecule has 0 radical (unpaired) electrons. The lowest BCUT2D eigenvalue weighted by atomic mass is 10.5. The Labute approximate surface area is 74.6 Å². The minimum atomic E-state index is 0.520. The topological polar surface area (TPSA) is 61.9 Å². The van der Waals surface area contributed by atoms with Crippen LogP contribution < -0.4 is 0 Å². The zero-order chi connectivity index (χ0) is 8.81. The first-order valence-electron chi connectivity index (χ1n) is 3.52. The molecule has 0 aliphatic heterocycles. The van der Waals surface area contributed by atoms with Gasteiger partial charge < -0.3 is 4.42 Å². The summed E-state index contributed by atoms with van der Waals surface area (Å²) in [6.45, 7) is 2.43. The Hall–Kier alpha value is -1.06. The smallest absolute Gasteiger partial charge is 0.114 e. The van der Waals surface area contributed by atoms with Gasteiger partial charge in [-0.2, -0.15) is 0 Å². The summed E-state index contributed by atoms with van der Waals surface area (Å²) < 4.78 is 5.10. The Morgan fingerprint density at radius 2 is 2.58 bits per heavy atom. The Kier molecular flexibility index (Phi) is 3.57. The van der Waals surface area contributed by atoms with Gasteiger partial charge in [0.25, 0.3) is 0 Å². The summed E-state index contributed by atoms with van der Waals surface area (Å²) in [5.74, 6) is 1.71. The molecule has 0 bridgehead atoms. The molecule has 0 fully saturated rings. The highest BCUT2D eigenvalue weighted by Gasteiger charge is 1.99. The third-order valence-corrected chi connectivity index (χ3v) is 2.44. The van der Waals surface area contributed by atoms with Crippen molar-refractivity contribution in [2.24, 2.45) is 5.11 Å². The van der Waals surface area contributed by atoms with Gasteiger partial charge in [-0.3, -0.25) is 0 Å². The van der Waals surface area contributed by atoms with Gasteiger partial charge in [-0.1, -0.05) is 5.11 Å². The summed E-state index contributed by atoms with van der Waals surface area (Å²) in [6, 6.07) is 1.91. The summed E-state index contributed by atoms with van der Waals surface area (Å²) in [5, 5.41) is 3.43. The average Bonchev–Trinajstić information content (AvgIpc) is 2.46. The second kappa shape index (κ2) is 4.74. The van der Waals surface area contributed by atoms with Gasteiger partial charge >= 0.3 is 0 Å². The van der Waals surface area contributed by atoms with Crippen molar-refractivity contribution in [3.05, 3.63) is 28.5 Å². The van der Waals surface area contributed by atoms with Crippen LogP contribution in [-0.4, -0.2) is 12.3 Å². The summed E-state index contributed by atoms with van der Waals surface area (Å²) in [6.07, 6.45) is 1.66. The summed E-state index contributed by atoms with van der Waals surface area (Å²) >= 11 is 1.64. The maximum absolute atomic E-state index is 8.01. The molecule has 0 spiro atoms. The molecular weight excluding hydrogens is 174 g/mol. The number of thioether (sulfide) groups is 1. The SMILES string of the molecule is Cc1occc1SCCN=[N+]=[N-]. The molecule has 0 amide bonds. The third kappa shape index (κ3) is 2.53. The molecule has 4 nitrogen and oxygen atoms in total. The highest BCUT2D eigenvalue weighted by molar-refractivity contribution is 7.99. The molecular formula is C7H9N3OS. The number of rotatable bonds is 4. The molecule has 1 rings (SSSR count). The van der Waals surface area contributed by atoms with Crippen molar-refractivity contribution in [3.8, 4) is 0 Å². The van der Waals surface area contributed by atoms with E-state index in [1.54, 1.807) is 18.0 Å². The standard InChI is InChI=1S/C7H9N3OS/c1-6-7(2-4-11-6)12-5-3-9-10-8/h2,4H,3,5H2,1H3. The van der Waals surface area contributed by atoms with Crippen molar-refractivity contribution in [3.63, 3.8) is 0 Å². The van der Waals surface area contributed by atoms with Crippen molar-refractivity contribution in [2.45, 2.75) is 11.8 Å². The predicted octanol–water partition coefficient (Wildman–Crippen LogP) is 2.99. The van der Waals surface area contributed by atoms with Crippen molar-refractivity contribution < 1.29 is 4.42 Å². The summed E-state index contributed by atoms with van der Waals surface area (Å²) in [4.78, 5) is 3.78. The first-order valence-corrected chi connectivity index (χ1v) is 4.51. The molecule has 1 aromatic rings. The van der Waals surface area contributed by atoms with Crippen LogP contribution >= 0.6 is 11.8 Å². The van der Waals surface area contributed by atoms with Gasteiger partial charge in [-0.15, -0.1) is 11.8 Å². The number of aryl methyl sites for hydroxylation is 1. The predicted molar refractivity (Wildman–Crippen MR) is 48.2 cm³/mol. The van der Waals surface area contributed by atoms with Crippen LogP contribution in [0.3, 0.4) is 0 Å². The van der Waals surface area contributed by atoms with Crippen LogP contribution in [0, 0.1) is 6.92 Å². The zero-order valence-electron chi connectivity index (χ0n) is 6.73. The second-order valence-corrected chi connectivity index (χ2v) is 3.28. The largest absolute Gasteiger partial charge is 0.468 e. The number of nitrogens with zero attached hydrogens (tertiary/aromatic N) is 3. The normalized spacial score (nSPS) is 9.42. The van der Waals surface area contributed by atoms with Crippen LogP contribution in [0.15, 0.2) is 26.8 Å². The van der Waals surface area contributed by atoms with Gasteiger partial charge in [0, 0.05) is 22.1 Å². The van der Waals surface area contributed by atoms with Crippen LogP contribution in [0.2, 0.25) is 0 Å². The van der Waals surface area contributed by atoms with Gasteiger partial charge in [0.2, 0.25) is 0 Å². The van der Waals surface area contributed by atoms with E-state index in [1.165, 1.54) is 0 Å². The Bertz CT molecular complexity index is 291. The maximum Gasteiger partial charge on any atom is 0.114 e. The van der Waals surface area contributed by atoms with E-state index in [-0.39, 0.29) is 0 Å². The van der Waals surface area contributed by atoms with Crippen LogP contribution in [0.1, 0.15) is 5.76 Å². The van der Waals surface area contributed by atoms with E-state index in [1.807, 2.05) is 13.0 Å². The molecule has 1 heterocycles. The lowest BCUT2D eigenvalue weighted by molar-refractivity contribution is 0.527. The van der Waals surface area contributed by atoms with Gasteiger partial charge in [0.15, 0.2) is 0 Å². The minimum absolute atomic E-state index is 0.520. The van der Waals surface area contributed by atoms with Crippen LogP contribution in [-0.2, 0) is 0 Å². The molecule has 64 valence electrons. The molecule has 0 saturated carbocycles. The molecule has 12 heavy (non-hydrogen) atoms. The monoisotopic (exact) mass is 183 g/mol. The first kappa shape index (κ1) is 9.03. The molecule has 0 atom stereocenters. The van der Waals surface area contributed by atoms with Gasteiger partial charge in [-0.05, 0) is 18.5 Å². The Morgan fingerprint density at radius 1 is 1.75 bits per heavy atom. The van der Waals surface area contributed by atoms with E-state index < -0.39 is 0 Å². The Balaban J connectivity index is 2.33. The number of furan rings is 1. The van der Waals surface area contributed by atoms with E-state index in [9.17, 15) is 0 Å². The molecule has 0 aromatic carbocycles. The van der Waals surface area contributed by atoms with Crippen LogP contribution in [0.5, 0.6) is 0 Å². The van der Waals surface area contributed by atoms with Gasteiger partial charge in [-0.25, -0.2) is 0 Å². The number of hydrogen-bond acceptors (Lipinski definition) is 3. The quantitative estimate of drug-likeness (QED) is 0.237. The van der Waals surface area contributed by atoms with E-state index in [0.717, 1.165) is 16.4 Å². The fourth-order valence-corrected chi connectivity index (χ4v) is 1.56.